The average Bonchev–Trinajstić information content (AvgIpc) is 3.36. The number of hydrogen-bond donors (Lipinski definition) is 0. The fourth-order valence-electron chi connectivity index (χ4n) is 5.78. The molecule has 0 fully saturated rings. The molecule has 0 N–H and O–H groups in total. The summed E-state index contributed by atoms with van der Waals surface area (Å²) in [6.45, 7) is 12.8. The average molecular weight is 619 g/mol. The van der Waals surface area contributed by atoms with E-state index in [4.69, 9.17) is 9.16 Å². The van der Waals surface area contributed by atoms with Crippen LogP contribution in [0.1, 0.15) is 68.4 Å². The summed E-state index contributed by atoms with van der Waals surface area (Å²) < 4.78 is 69.9. The Labute approximate surface area is 249 Å². The molecular formula is C31H34F4N2O3SSi. The van der Waals surface area contributed by atoms with E-state index in [1.807, 2.05) is 0 Å². The summed E-state index contributed by atoms with van der Waals surface area (Å²) in [5.74, 6) is -4.54. The minimum atomic E-state index is -2.56. The summed E-state index contributed by atoms with van der Waals surface area (Å²) in [5.41, 5.74) is 0.692. The predicted molar refractivity (Wildman–Crippen MR) is 160 cm³/mol. The van der Waals surface area contributed by atoms with Crippen molar-refractivity contribution >= 4 is 31.0 Å². The van der Waals surface area contributed by atoms with E-state index in [9.17, 15) is 22.4 Å². The number of thioether (sulfide) groups is 1. The number of benzene rings is 3. The third-order valence-corrected chi connectivity index (χ3v) is 14.8. The molecule has 0 spiro atoms. The zero-order valence-corrected chi connectivity index (χ0v) is 26.4. The van der Waals surface area contributed by atoms with E-state index in [1.54, 1.807) is 18.2 Å². The lowest BCUT2D eigenvalue weighted by atomic mass is 10.1. The van der Waals surface area contributed by atoms with Gasteiger partial charge in [-0.25, -0.2) is 22.6 Å². The maximum absolute atomic E-state index is 14.8. The Morgan fingerprint density at radius 2 is 1.45 bits per heavy atom. The van der Waals surface area contributed by atoms with Crippen molar-refractivity contribution in [1.29, 1.82) is 0 Å². The molecule has 0 saturated heterocycles. The molecule has 5 nitrogen and oxygen atoms in total. The number of nitrogens with zero attached hydrogens (tertiary/aromatic N) is 2. The summed E-state index contributed by atoms with van der Waals surface area (Å²) in [6.07, 6.45) is 0. The lowest BCUT2D eigenvalue weighted by Gasteiger charge is -2.43. The lowest BCUT2D eigenvalue weighted by Crippen LogP contribution is -2.51. The van der Waals surface area contributed by atoms with Crippen LogP contribution in [0.15, 0.2) is 59.7 Å². The molecule has 42 heavy (non-hydrogen) atoms. The minimum absolute atomic E-state index is 0.206. The third kappa shape index (κ3) is 5.81. The van der Waals surface area contributed by atoms with Crippen LogP contribution in [-0.4, -0.2) is 31.4 Å². The molecule has 3 aromatic rings. The van der Waals surface area contributed by atoms with Gasteiger partial charge in [0.2, 0.25) is 0 Å². The van der Waals surface area contributed by atoms with Gasteiger partial charge in [0.25, 0.3) is 14.2 Å². The fraction of sp³-hybridized carbons (Fsp3) is 0.355. The highest BCUT2D eigenvalue weighted by atomic mass is 32.2. The number of amides is 1. The molecular weight excluding hydrogens is 584 g/mol. The molecule has 0 saturated carbocycles. The Balaban J connectivity index is 1.91. The molecule has 0 aromatic heterocycles. The second-order valence-corrected chi connectivity index (χ2v) is 17.5. The highest BCUT2D eigenvalue weighted by Gasteiger charge is 2.49. The van der Waals surface area contributed by atoms with Crippen LogP contribution < -0.4 is 9.16 Å². The van der Waals surface area contributed by atoms with E-state index in [0.29, 0.717) is 39.8 Å². The zero-order chi connectivity index (χ0) is 30.9. The molecule has 4 rings (SSSR count). The van der Waals surface area contributed by atoms with Crippen LogP contribution in [0.4, 0.5) is 17.6 Å². The lowest BCUT2D eigenvalue weighted by molar-refractivity contribution is 0.0738. The number of rotatable bonds is 9. The van der Waals surface area contributed by atoms with Crippen molar-refractivity contribution in [3.05, 3.63) is 94.6 Å². The third-order valence-electron chi connectivity index (χ3n) is 7.65. The smallest absolute Gasteiger partial charge is 0.281 e. The Bertz CT molecular complexity index is 1450. The van der Waals surface area contributed by atoms with Crippen molar-refractivity contribution in [3.63, 3.8) is 0 Å². The van der Waals surface area contributed by atoms with Gasteiger partial charge in [-0.2, -0.15) is 5.10 Å². The molecule has 11 heteroatoms. The quantitative estimate of drug-likeness (QED) is 0.177. The first-order chi connectivity index (χ1) is 19.8. The number of hydrazone groups is 1. The number of carbonyl (C=O) groups excluding carboxylic acids is 1. The van der Waals surface area contributed by atoms with Gasteiger partial charge in [-0.15, -0.1) is 0 Å². The van der Waals surface area contributed by atoms with Crippen molar-refractivity contribution < 1.29 is 31.5 Å². The second-order valence-electron chi connectivity index (χ2n) is 11.1. The van der Waals surface area contributed by atoms with Crippen LogP contribution in [0.25, 0.3) is 0 Å². The van der Waals surface area contributed by atoms with Crippen LogP contribution in [0, 0.1) is 23.3 Å². The molecule has 0 bridgehead atoms. The summed E-state index contributed by atoms with van der Waals surface area (Å²) in [4.78, 5) is 13.8. The van der Waals surface area contributed by atoms with Crippen LogP contribution in [0.3, 0.4) is 0 Å². The van der Waals surface area contributed by atoms with Gasteiger partial charge in [0.1, 0.15) is 39.2 Å². The van der Waals surface area contributed by atoms with E-state index in [2.05, 4.69) is 46.6 Å². The van der Waals surface area contributed by atoms with Crippen LogP contribution in [0.2, 0.25) is 16.6 Å². The highest BCUT2D eigenvalue weighted by molar-refractivity contribution is 8.14. The number of para-hydroxylation sites is 1. The van der Waals surface area contributed by atoms with Crippen LogP contribution in [-0.2, 0) is 0 Å². The van der Waals surface area contributed by atoms with Gasteiger partial charge in [0, 0.05) is 23.3 Å². The predicted octanol–water partition coefficient (Wildman–Crippen LogP) is 9.06. The van der Waals surface area contributed by atoms with Gasteiger partial charge in [-0.1, -0.05) is 65.4 Å². The molecule has 1 unspecified atom stereocenters. The molecule has 1 amide bonds. The number of carbonyl (C=O) groups is 1. The van der Waals surface area contributed by atoms with Gasteiger partial charge < -0.3 is 9.16 Å². The maximum Gasteiger partial charge on any atom is 0.281 e. The molecule has 224 valence electrons. The monoisotopic (exact) mass is 618 g/mol. The Morgan fingerprint density at radius 3 is 1.98 bits per heavy atom. The molecule has 1 aliphatic heterocycles. The van der Waals surface area contributed by atoms with Gasteiger partial charge in [0.05, 0.1) is 7.11 Å². The van der Waals surface area contributed by atoms with Gasteiger partial charge >= 0.3 is 0 Å². The number of hydrogen-bond acceptors (Lipinski definition) is 5. The molecule has 1 heterocycles. The topological polar surface area (TPSA) is 51.1 Å². The Hall–Kier alpha value is -3.31. The van der Waals surface area contributed by atoms with Crippen molar-refractivity contribution in [2.75, 3.05) is 7.11 Å². The molecule has 1 atom stereocenters. The standard InChI is InChI=1S/C31H34F4N2O3SSi/c1-17(2)42(18(3)4,19(5)6)40-28-23(9-8-10-26(28)39-7)31-37(30(38)27-24(34)15-22(33)16-25(27)35)36-29(41-31)20-11-13-21(32)14-12-20/h8-19,31H,1-7H3. The van der Waals surface area contributed by atoms with Crippen molar-refractivity contribution in [2.45, 2.75) is 63.5 Å². The van der Waals surface area contributed by atoms with Crippen LogP contribution in [0.5, 0.6) is 11.5 Å². The molecule has 0 radical (unpaired) electrons. The number of halogens is 4. The highest BCUT2D eigenvalue weighted by Crippen LogP contribution is 2.51. The Morgan fingerprint density at radius 1 is 0.881 bits per heavy atom. The molecule has 3 aromatic carbocycles. The van der Waals surface area contributed by atoms with Crippen molar-refractivity contribution in [3.8, 4) is 11.5 Å². The van der Waals surface area contributed by atoms with E-state index in [0.717, 1.165) is 16.8 Å². The zero-order valence-electron chi connectivity index (χ0n) is 24.5. The molecule has 0 aliphatic carbocycles. The summed E-state index contributed by atoms with van der Waals surface area (Å²) in [6, 6.07) is 11.7. The first-order valence-corrected chi connectivity index (χ1v) is 16.7. The summed E-state index contributed by atoms with van der Waals surface area (Å²) in [5, 5.41) is 4.80. The first kappa shape index (κ1) is 31.6. The largest absolute Gasteiger partial charge is 0.540 e. The van der Waals surface area contributed by atoms with E-state index in [-0.39, 0.29) is 16.6 Å². The van der Waals surface area contributed by atoms with Crippen molar-refractivity contribution in [1.82, 2.24) is 5.01 Å². The van der Waals surface area contributed by atoms with E-state index >= 15 is 0 Å². The van der Waals surface area contributed by atoms with E-state index in [1.165, 1.54) is 31.4 Å². The number of methoxy groups -OCH3 is 1. The van der Waals surface area contributed by atoms with Gasteiger partial charge in [0.15, 0.2) is 11.5 Å². The summed E-state index contributed by atoms with van der Waals surface area (Å²) in [7, 11) is -1.04. The molecule has 1 aliphatic rings. The van der Waals surface area contributed by atoms with Gasteiger partial charge in [-0.05, 0) is 47.0 Å². The maximum atomic E-state index is 14.8. The minimum Gasteiger partial charge on any atom is -0.540 e. The first-order valence-electron chi connectivity index (χ1n) is 13.7. The SMILES string of the molecule is COc1cccc(C2SC(c3ccc(F)cc3)=NN2C(=O)c2c(F)cc(F)cc2F)c1O[Si](C(C)C)(C(C)C)C(C)C. The normalized spacial score (nSPS) is 15.5. The number of ether oxygens (including phenoxy) is 1. The van der Waals surface area contributed by atoms with E-state index < -0.39 is 48.4 Å². The van der Waals surface area contributed by atoms with Crippen molar-refractivity contribution in [2.24, 2.45) is 5.10 Å². The summed E-state index contributed by atoms with van der Waals surface area (Å²) >= 11 is 1.15. The van der Waals surface area contributed by atoms with Crippen LogP contribution >= 0.6 is 11.8 Å². The Kier molecular flexibility index (Phi) is 9.41. The van der Waals surface area contributed by atoms with Gasteiger partial charge in [-0.3, -0.25) is 4.79 Å². The fourth-order valence-corrected chi connectivity index (χ4v) is 12.2. The second kappa shape index (κ2) is 12.5.